The van der Waals surface area contributed by atoms with E-state index in [2.05, 4.69) is 16.0 Å². The molecule has 1 aromatic carbocycles. The van der Waals surface area contributed by atoms with E-state index >= 15 is 0 Å². The Morgan fingerprint density at radius 2 is 1.65 bits per heavy atom. The Balaban J connectivity index is 1.87. The summed E-state index contributed by atoms with van der Waals surface area (Å²) in [5.41, 5.74) is 2.74. The molecule has 1 aliphatic rings. The quantitative estimate of drug-likeness (QED) is 0.660. The maximum Gasteiger partial charge on any atom is 0.233 e. The molecule has 4 heteroatoms. The van der Waals surface area contributed by atoms with Crippen LogP contribution in [0.2, 0.25) is 0 Å². The van der Waals surface area contributed by atoms with Gasteiger partial charge in [-0.15, -0.1) is 0 Å². The van der Waals surface area contributed by atoms with Gasteiger partial charge in [-0.05, 0) is 42.3 Å². The van der Waals surface area contributed by atoms with Crippen molar-refractivity contribution < 1.29 is 4.74 Å². The van der Waals surface area contributed by atoms with Gasteiger partial charge in [0.15, 0.2) is 0 Å². The summed E-state index contributed by atoms with van der Waals surface area (Å²) in [5.74, 6) is 0.690. The average molecular weight is 323 g/mol. The molecule has 0 N–H and O–H groups in total. The molecule has 23 heavy (non-hydrogen) atoms. The van der Waals surface area contributed by atoms with Crippen molar-refractivity contribution in [3.8, 4) is 5.75 Å². The van der Waals surface area contributed by atoms with Crippen LogP contribution in [0.3, 0.4) is 0 Å². The van der Waals surface area contributed by atoms with Crippen LogP contribution in [0.5, 0.6) is 5.75 Å². The first-order valence-electron chi connectivity index (χ1n) is 7.55. The summed E-state index contributed by atoms with van der Waals surface area (Å²) in [5, 5.41) is -1.07. The summed E-state index contributed by atoms with van der Waals surface area (Å²) in [7, 11) is 0. The molecule has 3 aromatic rings. The molecule has 2 aromatic heterocycles. The van der Waals surface area contributed by atoms with E-state index in [-0.39, 0.29) is 5.92 Å². The van der Waals surface area contributed by atoms with Gasteiger partial charge in [0, 0.05) is 18.1 Å². The zero-order valence-electron chi connectivity index (χ0n) is 12.4. The first kappa shape index (κ1) is 14.2. The third kappa shape index (κ3) is 2.47. The maximum absolute atomic E-state index is 7.00. The number of nitrogens with zero attached hydrogens (tertiary/aromatic N) is 2. The first-order valence-corrected chi connectivity index (χ1v) is 7.93. The normalized spacial score (nSPS) is 22.9. The minimum Gasteiger partial charge on any atom is -0.465 e. The second kappa shape index (κ2) is 5.67. The molecule has 0 aliphatic carbocycles. The number of rotatable bonds is 2. The summed E-state index contributed by atoms with van der Waals surface area (Å²) in [6.07, 6.45) is 4.28. The van der Waals surface area contributed by atoms with Gasteiger partial charge in [0.05, 0.1) is 5.92 Å². The number of fused-ring (bicyclic) bond motifs is 1. The van der Waals surface area contributed by atoms with E-state index in [9.17, 15) is 0 Å². The van der Waals surface area contributed by atoms with E-state index < -0.39 is 5.06 Å². The van der Waals surface area contributed by atoms with Gasteiger partial charge >= 0.3 is 0 Å². The van der Waals surface area contributed by atoms with Gasteiger partial charge in [0.25, 0.3) is 0 Å². The van der Waals surface area contributed by atoms with Gasteiger partial charge in [-0.2, -0.15) is 0 Å². The van der Waals surface area contributed by atoms with Gasteiger partial charge in [-0.1, -0.05) is 41.9 Å². The molecule has 3 heterocycles. The average Bonchev–Trinajstić information content (AvgIpc) is 2.62. The van der Waals surface area contributed by atoms with Crippen LogP contribution in [-0.2, 0) is 11.5 Å². The highest BCUT2D eigenvalue weighted by atomic mass is 35.5. The van der Waals surface area contributed by atoms with E-state index in [0.717, 1.165) is 23.4 Å². The van der Waals surface area contributed by atoms with Gasteiger partial charge in [-0.3, -0.25) is 9.97 Å². The Labute approximate surface area is 139 Å². The molecule has 2 atom stereocenters. The fraction of sp³-hybridized carbons (Fsp3) is 0.158. The number of pyridine rings is 2. The van der Waals surface area contributed by atoms with E-state index in [0.29, 0.717) is 5.69 Å². The number of hydrogen-bond donors (Lipinski definition) is 0. The molecule has 0 bridgehead atoms. The van der Waals surface area contributed by atoms with E-state index in [1.165, 1.54) is 0 Å². The van der Waals surface area contributed by atoms with Crippen molar-refractivity contribution in [2.75, 3.05) is 0 Å². The molecule has 0 spiro atoms. The molecule has 0 radical (unpaired) electrons. The van der Waals surface area contributed by atoms with E-state index in [1.807, 2.05) is 54.6 Å². The predicted molar refractivity (Wildman–Crippen MR) is 89.5 cm³/mol. The fourth-order valence-corrected chi connectivity index (χ4v) is 3.41. The Kier molecular flexibility index (Phi) is 3.50. The number of aromatic nitrogens is 2. The van der Waals surface area contributed by atoms with Crippen LogP contribution in [-0.4, -0.2) is 9.97 Å². The molecule has 0 saturated carbocycles. The highest BCUT2D eigenvalue weighted by Gasteiger charge is 2.47. The van der Waals surface area contributed by atoms with Gasteiger partial charge in [-0.25, -0.2) is 0 Å². The molecular weight excluding hydrogens is 308 g/mol. The third-order valence-electron chi connectivity index (χ3n) is 4.16. The number of para-hydroxylation sites is 1. The molecule has 0 saturated heterocycles. The largest absolute Gasteiger partial charge is 0.465 e. The predicted octanol–water partition coefficient (Wildman–Crippen LogP) is 4.29. The lowest BCUT2D eigenvalue weighted by molar-refractivity contribution is 0.0994. The van der Waals surface area contributed by atoms with Crippen molar-refractivity contribution in [2.45, 2.75) is 17.4 Å². The number of alkyl halides is 1. The highest BCUT2D eigenvalue weighted by Crippen LogP contribution is 2.49. The van der Waals surface area contributed by atoms with Crippen LogP contribution >= 0.6 is 11.6 Å². The van der Waals surface area contributed by atoms with Crippen LogP contribution in [0.15, 0.2) is 73.1 Å². The highest BCUT2D eigenvalue weighted by molar-refractivity contribution is 6.23. The standard InChI is InChI=1S/C19H15ClN2O/c20-19(18-10-4-6-12-22-18)15(16-8-3-5-11-21-16)13-14-7-1-2-9-17(14)23-19/h1-12,15H,13H2. The number of benzene rings is 1. The molecule has 2 unspecified atom stereocenters. The minimum atomic E-state index is -1.07. The molecule has 114 valence electrons. The molecule has 3 nitrogen and oxygen atoms in total. The Morgan fingerprint density at radius 3 is 2.39 bits per heavy atom. The molecule has 4 rings (SSSR count). The van der Waals surface area contributed by atoms with Crippen molar-refractivity contribution in [1.82, 2.24) is 9.97 Å². The fourth-order valence-electron chi connectivity index (χ4n) is 3.03. The monoisotopic (exact) mass is 322 g/mol. The minimum absolute atomic E-state index is 0.116. The molecule has 0 amide bonds. The van der Waals surface area contributed by atoms with Crippen molar-refractivity contribution in [3.63, 3.8) is 0 Å². The van der Waals surface area contributed by atoms with Crippen molar-refractivity contribution in [2.24, 2.45) is 0 Å². The third-order valence-corrected chi connectivity index (χ3v) is 4.70. The Hall–Kier alpha value is -2.39. The lowest BCUT2D eigenvalue weighted by atomic mass is 9.85. The second-order valence-electron chi connectivity index (χ2n) is 5.58. The Morgan fingerprint density at radius 1 is 0.913 bits per heavy atom. The number of hydrogen-bond acceptors (Lipinski definition) is 3. The summed E-state index contributed by atoms with van der Waals surface area (Å²) in [6, 6.07) is 19.5. The van der Waals surface area contributed by atoms with Crippen LogP contribution in [0, 0.1) is 0 Å². The van der Waals surface area contributed by atoms with Crippen molar-refractivity contribution in [1.29, 1.82) is 0 Å². The maximum atomic E-state index is 7.00. The lowest BCUT2D eigenvalue weighted by Crippen LogP contribution is -2.39. The van der Waals surface area contributed by atoms with Gasteiger partial charge < -0.3 is 4.74 Å². The Bertz CT molecular complexity index is 810. The smallest absolute Gasteiger partial charge is 0.233 e. The van der Waals surface area contributed by atoms with E-state index in [1.54, 1.807) is 12.4 Å². The number of halogens is 1. The molecule has 1 aliphatic heterocycles. The van der Waals surface area contributed by atoms with Gasteiger partial charge in [0.2, 0.25) is 5.06 Å². The summed E-state index contributed by atoms with van der Waals surface area (Å²) in [4.78, 5) is 8.94. The second-order valence-corrected chi connectivity index (χ2v) is 6.14. The van der Waals surface area contributed by atoms with Crippen molar-refractivity contribution in [3.05, 3.63) is 90.0 Å². The zero-order valence-corrected chi connectivity index (χ0v) is 13.1. The molecule has 0 fully saturated rings. The lowest BCUT2D eigenvalue weighted by Gasteiger charge is -2.39. The summed E-state index contributed by atoms with van der Waals surface area (Å²) >= 11 is 7.00. The SMILES string of the molecule is ClC1(c2ccccn2)Oc2ccccc2CC1c1ccccn1. The molecular formula is C19H15ClN2O. The summed E-state index contributed by atoms with van der Waals surface area (Å²) < 4.78 is 6.24. The summed E-state index contributed by atoms with van der Waals surface area (Å²) in [6.45, 7) is 0. The van der Waals surface area contributed by atoms with Crippen LogP contribution in [0.25, 0.3) is 0 Å². The zero-order chi connectivity index (χ0) is 15.7. The van der Waals surface area contributed by atoms with Crippen LogP contribution in [0.4, 0.5) is 0 Å². The van der Waals surface area contributed by atoms with Crippen molar-refractivity contribution >= 4 is 11.6 Å². The topological polar surface area (TPSA) is 35.0 Å². The van der Waals surface area contributed by atoms with Crippen LogP contribution in [0.1, 0.15) is 22.9 Å². The number of ether oxygens (including phenoxy) is 1. The van der Waals surface area contributed by atoms with Crippen LogP contribution < -0.4 is 4.74 Å². The van der Waals surface area contributed by atoms with Gasteiger partial charge in [0.1, 0.15) is 11.4 Å². The van der Waals surface area contributed by atoms with E-state index in [4.69, 9.17) is 16.3 Å². The first-order chi connectivity index (χ1) is 11.3.